The van der Waals surface area contributed by atoms with E-state index in [0.29, 0.717) is 5.56 Å². The highest BCUT2D eigenvalue weighted by atomic mass is 32.1. The number of amides is 4. The van der Waals surface area contributed by atoms with Gasteiger partial charge in [0.05, 0.1) is 5.69 Å². The molecule has 1 aromatic carbocycles. The number of hydrogen-bond donors (Lipinski definition) is 2. The lowest BCUT2D eigenvalue weighted by molar-refractivity contribution is -0.133. The molecule has 2 heterocycles. The fourth-order valence-electron chi connectivity index (χ4n) is 2.51. The molecule has 0 radical (unpaired) electrons. The summed E-state index contributed by atoms with van der Waals surface area (Å²) in [6.45, 7) is 0.930. The molecule has 0 spiro atoms. The van der Waals surface area contributed by atoms with Gasteiger partial charge in [-0.05, 0) is 41.4 Å². The van der Waals surface area contributed by atoms with E-state index in [1.807, 2.05) is 0 Å². The second-order valence-electron chi connectivity index (χ2n) is 5.63. The summed E-state index contributed by atoms with van der Waals surface area (Å²) < 4.78 is 26.7. The van der Waals surface area contributed by atoms with Crippen molar-refractivity contribution in [2.24, 2.45) is 0 Å². The van der Waals surface area contributed by atoms with Gasteiger partial charge in [-0.25, -0.2) is 13.6 Å². The molecule has 6 nitrogen and oxygen atoms in total. The zero-order valence-corrected chi connectivity index (χ0v) is 13.8. The molecule has 2 N–H and O–H groups in total. The molecule has 1 atom stereocenters. The summed E-state index contributed by atoms with van der Waals surface area (Å²) in [5, 5.41) is 8.20. The molecule has 0 aliphatic carbocycles. The van der Waals surface area contributed by atoms with E-state index >= 15 is 0 Å². The van der Waals surface area contributed by atoms with E-state index in [0.717, 1.165) is 23.1 Å². The number of rotatable bonds is 4. The van der Waals surface area contributed by atoms with Crippen LogP contribution in [0.1, 0.15) is 12.5 Å². The first kappa shape index (κ1) is 17.0. The predicted molar refractivity (Wildman–Crippen MR) is 86.9 cm³/mol. The number of hydrogen-bond acceptors (Lipinski definition) is 4. The van der Waals surface area contributed by atoms with Crippen LogP contribution in [0.2, 0.25) is 0 Å². The first-order valence-electron chi connectivity index (χ1n) is 7.23. The maximum atomic E-state index is 13.6. The minimum absolute atomic E-state index is 0.363. The van der Waals surface area contributed by atoms with Gasteiger partial charge < -0.3 is 10.6 Å². The van der Waals surface area contributed by atoms with Gasteiger partial charge in [0.2, 0.25) is 5.91 Å². The third-order valence-corrected chi connectivity index (χ3v) is 4.56. The molecule has 3 rings (SSSR count). The summed E-state index contributed by atoms with van der Waals surface area (Å²) in [6, 6.07) is 3.57. The van der Waals surface area contributed by atoms with E-state index in [9.17, 15) is 23.2 Å². The molecule has 1 fully saturated rings. The highest BCUT2D eigenvalue weighted by Crippen LogP contribution is 2.30. The van der Waals surface area contributed by atoms with E-state index in [1.165, 1.54) is 11.3 Å². The number of thiophene rings is 1. The average Bonchev–Trinajstić information content (AvgIpc) is 3.16. The van der Waals surface area contributed by atoms with Gasteiger partial charge in [0, 0.05) is 6.07 Å². The van der Waals surface area contributed by atoms with Crippen LogP contribution >= 0.6 is 11.3 Å². The molecule has 0 saturated carbocycles. The molecule has 1 aliphatic rings. The summed E-state index contributed by atoms with van der Waals surface area (Å²) in [4.78, 5) is 37.5. The van der Waals surface area contributed by atoms with Gasteiger partial charge in [-0.15, -0.1) is 0 Å². The van der Waals surface area contributed by atoms with E-state index in [1.54, 1.807) is 23.8 Å². The van der Waals surface area contributed by atoms with Gasteiger partial charge in [-0.1, -0.05) is 0 Å². The summed E-state index contributed by atoms with van der Waals surface area (Å²) in [6.07, 6.45) is 0. The Balaban J connectivity index is 1.74. The van der Waals surface area contributed by atoms with E-state index in [-0.39, 0.29) is 5.69 Å². The van der Waals surface area contributed by atoms with Crippen LogP contribution in [0, 0.1) is 11.6 Å². The van der Waals surface area contributed by atoms with Crippen LogP contribution in [0.5, 0.6) is 0 Å². The third-order valence-electron chi connectivity index (χ3n) is 3.88. The van der Waals surface area contributed by atoms with Crippen LogP contribution in [0.15, 0.2) is 35.0 Å². The number of carbonyl (C=O) groups excluding carboxylic acids is 3. The number of carbonyl (C=O) groups is 3. The minimum atomic E-state index is -1.26. The lowest BCUT2D eigenvalue weighted by Gasteiger charge is -2.20. The first-order valence-corrected chi connectivity index (χ1v) is 8.17. The van der Waals surface area contributed by atoms with Crippen molar-refractivity contribution in [2.45, 2.75) is 12.5 Å². The Bertz CT molecular complexity index is 856. The fourth-order valence-corrected chi connectivity index (χ4v) is 3.28. The monoisotopic (exact) mass is 365 g/mol. The lowest BCUT2D eigenvalue weighted by Crippen LogP contribution is -2.41. The SMILES string of the molecule is CC1(c2ccsc2)NC(=O)N(CC(=O)Nc2cc(F)ccc2F)C1=O. The van der Waals surface area contributed by atoms with Crippen molar-refractivity contribution in [3.8, 4) is 0 Å². The van der Waals surface area contributed by atoms with Crippen molar-refractivity contribution in [1.29, 1.82) is 0 Å². The number of anilines is 1. The van der Waals surface area contributed by atoms with Gasteiger partial charge in [0.1, 0.15) is 23.7 Å². The summed E-state index contributed by atoms with van der Waals surface area (Å²) in [7, 11) is 0. The number of halogens is 2. The van der Waals surface area contributed by atoms with E-state index in [2.05, 4.69) is 10.6 Å². The number of nitrogens with zero attached hydrogens (tertiary/aromatic N) is 1. The van der Waals surface area contributed by atoms with Crippen LogP contribution in [0.3, 0.4) is 0 Å². The van der Waals surface area contributed by atoms with Crippen LogP contribution in [0.4, 0.5) is 19.3 Å². The highest BCUT2D eigenvalue weighted by molar-refractivity contribution is 7.08. The van der Waals surface area contributed by atoms with Crippen molar-refractivity contribution in [1.82, 2.24) is 10.2 Å². The van der Waals surface area contributed by atoms with Gasteiger partial charge in [-0.2, -0.15) is 11.3 Å². The molecule has 1 unspecified atom stereocenters. The molecule has 1 aliphatic heterocycles. The molecule has 2 aromatic rings. The van der Waals surface area contributed by atoms with Crippen molar-refractivity contribution in [2.75, 3.05) is 11.9 Å². The Morgan fingerprint density at radius 2 is 2.08 bits per heavy atom. The number of urea groups is 1. The minimum Gasteiger partial charge on any atom is -0.322 e. The fraction of sp³-hybridized carbons (Fsp3) is 0.188. The summed E-state index contributed by atoms with van der Waals surface area (Å²) in [5.41, 5.74) is -1.02. The Hall–Kier alpha value is -2.81. The molecule has 4 amide bonds. The molecule has 25 heavy (non-hydrogen) atoms. The van der Waals surface area contributed by atoms with Gasteiger partial charge in [-0.3, -0.25) is 14.5 Å². The quantitative estimate of drug-likeness (QED) is 0.817. The lowest BCUT2D eigenvalue weighted by atomic mass is 9.95. The second kappa shape index (κ2) is 6.25. The topological polar surface area (TPSA) is 78.5 Å². The van der Waals surface area contributed by atoms with Crippen molar-refractivity contribution in [3.63, 3.8) is 0 Å². The Kier molecular flexibility index (Phi) is 4.25. The molecule has 1 aromatic heterocycles. The van der Waals surface area contributed by atoms with Crippen LogP contribution in [-0.4, -0.2) is 29.3 Å². The summed E-state index contributed by atoms with van der Waals surface area (Å²) in [5.74, 6) is -2.96. The van der Waals surface area contributed by atoms with Crippen LogP contribution in [0.25, 0.3) is 0 Å². The number of nitrogens with one attached hydrogen (secondary N) is 2. The predicted octanol–water partition coefficient (Wildman–Crippen LogP) is 2.43. The van der Waals surface area contributed by atoms with Crippen molar-refractivity contribution in [3.05, 3.63) is 52.2 Å². The maximum absolute atomic E-state index is 13.6. The van der Waals surface area contributed by atoms with Crippen LogP contribution in [-0.2, 0) is 15.1 Å². The number of benzene rings is 1. The maximum Gasteiger partial charge on any atom is 0.325 e. The Morgan fingerprint density at radius 1 is 1.32 bits per heavy atom. The molecular formula is C16H13F2N3O3S. The molecule has 9 heteroatoms. The van der Waals surface area contributed by atoms with Crippen LogP contribution < -0.4 is 10.6 Å². The third kappa shape index (κ3) is 3.10. The molecule has 130 valence electrons. The smallest absolute Gasteiger partial charge is 0.322 e. The van der Waals surface area contributed by atoms with Gasteiger partial charge in [0.15, 0.2) is 0 Å². The van der Waals surface area contributed by atoms with Crippen molar-refractivity contribution >= 4 is 34.9 Å². The Labute approximate surface area is 145 Å². The van der Waals surface area contributed by atoms with E-state index < -0.39 is 41.6 Å². The summed E-state index contributed by atoms with van der Waals surface area (Å²) >= 11 is 1.37. The first-order chi connectivity index (χ1) is 11.8. The van der Waals surface area contributed by atoms with Gasteiger partial charge in [0.25, 0.3) is 5.91 Å². The van der Waals surface area contributed by atoms with Gasteiger partial charge >= 0.3 is 6.03 Å². The van der Waals surface area contributed by atoms with E-state index in [4.69, 9.17) is 0 Å². The van der Waals surface area contributed by atoms with Crippen molar-refractivity contribution < 1.29 is 23.2 Å². The zero-order valence-electron chi connectivity index (χ0n) is 13.0. The highest BCUT2D eigenvalue weighted by Gasteiger charge is 2.49. The molecule has 0 bridgehead atoms. The standard InChI is InChI=1S/C16H13F2N3O3S/c1-16(9-4-5-25-8-9)14(23)21(15(24)20-16)7-13(22)19-12-6-10(17)2-3-11(12)18/h2-6,8H,7H2,1H3,(H,19,22)(H,20,24). The number of imide groups is 1. The molecular weight excluding hydrogens is 352 g/mol. The normalized spacial score (nSPS) is 19.9. The largest absolute Gasteiger partial charge is 0.325 e. The molecule has 1 saturated heterocycles. The zero-order chi connectivity index (χ0) is 18.2. The second-order valence-corrected chi connectivity index (χ2v) is 6.41. The Morgan fingerprint density at radius 3 is 2.76 bits per heavy atom. The average molecular weight is 365 g/mol.